The Bertz CT molecular complexity index is 1350. The molecular weight excluding hydrogens is 427 g/mol. The van der Waals surface area contributed by atoms with Gasteiger partial charge in [0.25, 0.3) is 0 Å². The first kappa shape index (κ1) is 20.6. The molecule has 1 aliphatic carbocycles. The number of carbonyl (C=O) groups excluding carboxylic acids is 2. The van der Waals surface area contributed by atoms with E-state index in [9.17, 15) is 14.0 Å². The van der Waals surface area contributed by atoms with E-state index in [2.05, 4.69) is 30.8 Å². The summed E-state index contributed by atoms with van der Waals surface area (Å²) >= 11 is 0. The van der Waals surface area contributed by atoms with E-state index in [4.69, 9.17) is 4.74 Å². The third-order valence-electron chi connectivity index (χ3n) is 5.53. The molecule has 1 saturated carbocycles. The number of ether oxygens (including phenoxy) is 1. The molecule has 33 heavy (non-hydrogen) atoms. The predicted molar refractivity (Wildman–Crippen MR) is 118 cm³/mol. The van der Waals surface area contributed by atoms with Crippen LogP contribution in [0.2, 0.25) is 0 Å². The Morgan fingerprint density at radius 1 is 1.00 bits per heavy atom. The number of aromatic amines is 1. The molecule has 4 aromatic rings. The van der Waals surface area contributed by atoms with Crippen molar-refractivity contribution in [3.05, 3.63) is 66.4 Å². The lowest BCUT2D eigenvalue weighted by atomic mass is 10.0. The summed E-state index contributed by atoms with van der Waals surface area (Å²) < 4.78 is 18.9. The summed E-state index contributed by atoms with van der Waals surface area (Å²) in [4.78, 5) is 33.9. The molecule has 1 fully saturated rings. The number of hydrogen-bond donors (Lipinski definition) is 3. The van der Waals surface area contributed by atoms with Gasteiger partial charge in [0, 0.05) is 29.7 Å². The van der Waals surface area contributed by atoms with Crippen LogP contribution in [0, 0.1) is 18.2 Å². The molecule has 0 spiro atoms. The van der Waals surface area contributed by atoms with Crippen molar-refractivity contribution in [1.29, 1.82) is 0 Å². The van der Waals surface area contributed by atoms with Gasteiger partial charge >= 0.3 is 0 Å². The Balaban J connectivity index is 1.25. The molecule has 0 aliphatic heterocycles. The average molecular weight is 446 g/mol. The molecule has 10 heteroatoms. The number of benzene rings is 1. The van der Waals surface area contributed by atoms with Crippen LogP contribution >= 0.6 is 0 Å². The number of pyridine rings is 2. The number of aromatic nitrogens is 4. The number of carbonyl (C=O) groups is 2. The standard InChI is InChI=1S/C23H19FN6O3/c1-13-19-17(8-11-25-20(19)30-29-13)33-18-7-6-16(12-26-18)28-22(32)23(9-10-23)21(31)27-15-4-2-14(24)3-5-15/h2-8,11-12H,9-10H2,1H3,(H,27,31)(H,28,32)(H,25,29,30). The highest BCUT2D eigenvalue weighted by molar-refractivity contribution is 6.16. The lowest BCUT2D eigenvalue weighted by molar-refractivity contribution is -0.131. The van der Waals surface area contributed by atoms with Crippen LogP contribution in [0.15, 0.2) is 54.9 Å². The number of halogens is 1. The van der Waals surface area contributed by atoms with Crippen LogP contribution in [0.25, 0.3) is 11.0 Å². The van der Waals surface area contributed by atoms with Gasteiger partial charge in [-0.05, 0) is 50.1 Å². The van der Waals surface area contributed by atoms with Gasteiger partial charge in [0.05, 0.1) is 17.3 Å². The minimum absolute atomic E-state index is 0.330. The fraction of sp³-hybridized carbons (Fsp3) is 0.174. The Morgan fingerprint density at radius 3 is 2.36 bits per heavy atom. The summed E-state index contributed by atoms with van der Waals surface area (Å²) in [7, 11) is 0. The topological polar surface area (TPSA) is 122 Å². The van der Waals surface area contributed by atoms with Crippen molar-refractivity contribution in [3.63, 3.8) is 0 Å². The van der Waals surface area contributed by atoms with E-state index in [0.29, 0.717) is 41.5 Å². The number of fused-ring (bicyclic) bond motifs is 1. The third-order valence-corrected chi connectivity index (χ3v) is 5.53. The van der Waals surface area contributed by atoms with Gasteiger partial charge in [-0.3, -0.25) is 14.7 Å². The predicted octanol–water partition coefficient (Wildman–Crippen LogP) is 3.95. The van der Waals surface area contributed by atoms with E-state index >= 15 is 0 Å². The number of H-pyrrole nitrogens is 1. The third kappa shape index (κ3) is 3.98. The summed E-state index contributed by atoms with van der Waals surface area (Å²) in [5, 5.41) is 13.2. The number of amides is 2. The van der Waals surface area contributed by atoms with Crippen LogP contribution in [0.5, 0.6) is 11.6 Å². The van der Waals surface area contributed by atoms with Crippen LogP contribution < -0.4 is 15.4 Å². The zero-order valence-corrected chi connectivity index (χ0v) is 17.6. The molecule has 1 aromatic carbocycles. The Labute approximate surface area is 187 Å². The van der Waals surface area contributed by atoms with Crippen LogP contribution in [-0.4, -0.2) is 32.0 Å². The van der Waals surface area contributed by atoms with E-state index in [-0.39, 0.29) is 0 Å². The number of nitrogens with zero attached hydrogens (tertiary/aromatic N) is 3. The van der Waals surface area contributed by atoms with Crippen molar-refractivity contribution in [3.8, 4) is 11.6 Å². The Kier molecular flexibility index (Phi) is 4.97. The lowest BCUT2D eigenvalue weighted by Crippen LogP contribution is -2.35. The maximum Gasteiger partial charge on any atom is 0.240 e. The fourth-order valence-corrected chi connectivity index (χ4v) is 3.49. The number of rotatable bonds is 6. The van der Waals surface area contributed by atoms with E-state index in [1.165, 1.54) is 30.5 Å². The molecule has 0 unspecified atom stereocenters. The molecule has 3 N–H and O–H groups in total. The second-order valence-electron chi connectivity index (χ2n) is 7.84. The first-order valence-corrected chi connectivity index (χ1v) is 10.3. The van der Waals surface area contributed by atoms with Crippen molar-refractivity contribution in [1.82, 2.24) is 20.2 Å². The zero-order valence-electron chi connectivity index (χ0n) is 17.6. The highest BCUT2D eigenvalue weighted by atomic mass is 19.1. The van der Waals surface area contributed by atoms with Gasteiger partial charge in [-0.2, -0.15) is 5.10 Å². The fourth-order valence-electron chi connectivity index (χ4n) is 3.49. The quantitative estimate of drug-likeness (QED) is 0.386. The van der Waals surface area contributed by atoms with Gasteiger partial charge in [0.2, 0.25) is 17.7 Å². The molecule has 0 bridgehead atoms. The average Bonchev–Trinajstić information content (AvgIpc) is 3.55. The van der Waals surface area contributed by atoms with Gasteiger partial charge in [-0.25, -0.2) is 14.4 Å². The molecule has 0 atom stereocenters. The van der Waals surface area contributed by atoms with Gasteiger partial charge < -0.3 is 15.4 Å². The summed E-state index contributed by atoms with van der Waals surface area (Å²) in [5.41, 5.74) is 1.09. The van der Waals surface area contributed by atoms with Crippen molar-refractivity contribution >= 4 is 34.2 Å². The minimum Gasteiger partial charge on any atom is -0.438 e. The second-order valence-corrected chi connectivity index (χ2v) is 7.84. The number of aryl methyl sites for hydroxylation is 1. The van der Waals surface area contributed by atoms with Crippen LogP contribution in [0.1, 0.15) is 18.5 Å². The summed E-state index contributed by atoms with van der Waals surface area (Å²) in [6.45, 7) is 1.87. The largest absolute Gasteiger partial charge is 0.438 e. The summed E-state index contributed by atoms with van der Waals surface area (Å²) in [6.07, 6.45) is 3.92. The SMILES string of the molecule is Cc1[nH]nc2nccc(Oc3ccc(NC(=O)C4(C(=O)Nc5ccc(F)cc5)CC4)cn3)c12. The summed E-state index contributed by atoms with van der Waals surface area (Å²) in [6, 6.07) is 10.4. The normalized spacial score (nSPS) is 14.0. The smallest absolute Gasteiger partial charge is 0.240 e. The molecule has 166 valence electrons. The molecule has 2 amide bonds. The number of anilines is 2. The Hall–Kier alpha value is -4.34. The molecule has 1 aliphatic rings. The maximum absolute atomic E-state index is 13.1. The Morgan fingerprint density at radius 2 is 1.70 bits per heavy atom. The van der Waals surface area contributed by atoms with Crippen molar-refractivity contribution in [2.24, 2.45) is 5.41 Å². The molecule has 0 radical (unpaired) electrons. The first-order chi connectivity index (χ1) is 15.9. The minimum atomic E-state index is -1.15. The first-order valence-electron chi connectivity index (χ1n) is 10.3. The van der Waals surface area contributed by atoms with Gasteiger partial charge in [-0.1, -0.05) is 0 Å². The highest BCUT2D eigenvalue weighted by Gasteiger charge is 2.56. The van der Waals surface area contributed by atoms with Crippen LogP contribution in [-0.2, 0) is 9.59 Å². The van der Waals surface area contributed by atoms with Crippen LogP contribution in [0.4, 0.5) is 15.8 Å². The van der Waals surface area contributed by atoms with Crippen LogP contribution in [0.3, 0.4) is 0 Å². The second kappa shape index (κ2) is 7.97. The molecule has 5 rings (SSSR count). The van der Waals surface area contributed by atoms with Gasteiger partial charge in [-0.15, -0.1) is 0 Å². The maximum atomic E-state index is 13.1. The molecular formula is C23H19FN6O3. The molecule has 3 aromatic heterocycles. The number of nitrogens with one attached hydrogen (secondary N) is 3. The zero-order chi connectivity index (χ0) is 23.0. The van der Waals surface area contributed by atoms with Crippen molar-refractivity contribution < 1.29 is 18.7 Å². The van der Waals surface area contributed by atoms with Crippen molar-refractivity contribution in [2.45, 2.75) is 19.8 Å². The van der Waals surface area contributed by atoms with Gasteiger partial charge in [0.15, 0.2) is 5.65 Å². The molecule has 0 saturated heterocycles. The van der Waals surface area contributed by atoms with E-state index < -0.39 is 23.0 Å². The van der Waals surface area contributed by atoms with Crippen molar-refractivity contribution in [2.75, 3.05) is 10.6 Å². The van der Waals surface area contributed by atoms with Gasteiger partial charge in [0.1, 0.15) is 17.0 Å². The van der Waals surface area contributed by atoms with E-state index in [1.807, 2.05) is 6.92 Å². The monoisotopic (exact) mass is 446 g/mol. The molecule has 9 nitrogen and oxygen atoms in total. The summed E-state index contributed by atoms with van der Waals surface area (Å²) in [5.74, 6) is -0.347. The van der Waals surface area contributed by atoms with E-state index in [0.717, 1.165) is 11.1 Å². The van der Waals surface area contributed by atoms with E-state index in [1.54, 1.807) is 24.4 Å². The lowest BCUT2D eigenvalue weighted by Gasteiger charge is -2.15. The molecule has 3 heterocycles. The number of hydrogen-bond acceptors (Lipinski definition) is 6. The highest BCUT2D eigenvalue weighted by Crippen LogP contribution is 2.47.